The highest BCUT2D eigenvalue weighted by Gasteiger charge is 2.40. The van der Waals surface area contributed by atoms with Crippen LogP contribution in [0.3, 0.4) is 0 Å². The average Bonchev–Trinajstić information content (AvgIpc) is 3.22. The van der Waals surface area contributed by atoms with Crippen molar-refractivity contribution in [2.75, 3.05) is 0 Å². The molecule has 6 heteroatoms. The van der Waals surface area contributed by atoms with E-state index in [-0.39, 0.29) is 24.4 Å². The van der Waals surface area contributed by atoms with Crippen molar-refractivity contribution >= 4 is 17.3 Å². The molecule has 0 aliphatic heterocycles. The van der Waals surface area contributed by atoms with Crippen molar-refractivity contribution in [3.05, 3.63) is 34.5 Å². The molecule has 2 rings (SSSR count). The molecule has 0 aromatic carbocycles. The standard InChI is InChI=1S/C21H32O5S/c22-15(9-11-16-6-5-13-27-16)10-12-18-17(19(23)14-20(18)24)7-3-1-2-4-8-21(25)26/h1,3,5-6,13,15,17-20,22-24H,2,4,7-12,14H2,(H,25,26)/t15?,17-,18-,19?,20?/m1/s1. The van der Waals surface area contributed by atoms with Crippen LogP contribution >= 0.6 is 11.3 Å². The Bertz CT molecular complexity index is 571. The first kappa shape index (κ1) is 22.1. The monoisotopic (exact) mass is 396 g/mol. The summed E-state index contributed by atoms with van der Waals surface area (Å²) in [4.78, 5) is 11.8. The van der Waals surface area contributed by atoms with Gasteiger partial charge in [0.25, 0.3) is 0 Å². The Morgan fingerprint density at radius 3 is 2.70 bits per heavy atom. The molecule has 1 fully saturated rings. The number of carboxylic acids is 1. The van der Waals surface area contributed by atoms with Gasteiger partial charge in [0.15, 0.2) is 0 Å². The van der Waals surface area contributed by atoms with Crippen molar-refractivity contribution in [2.45, 2.75) is 76.1 Å². The summed E-state index contributed by atoms with van der Waals surface area (Å²) in [5, 5.41) is 41.5. The minimum Gasteiger partial charge on any atom is -0.481 e. The summed E-state index contributed by atoms with van der Waals surface area (Å²) in [6, 6.07) is 4.09. The molecule has 5 nitrogen and oxygen atoms in total. The molecule has 1 aromatic rings. The first-order chi connectivity index (χ1) is 13.0. The zero-order valence-corrected chi connectivity index (χ0v) is 16.6. The Morgan fingerprint density at radius 1 is 1.22 bits per heavy atom. The largest absolute Gasteiger partial charge is 0.481 e. The summed E-state index contributed by atoms with van der Waals surface area (Å²) >= 11 is 1.70. The number of unbranched alkanes of at least 4 members (excludes halogenated alkanes) is 1. The molecular weight excluding hydrogens is 364 g/mol. The highest BCUT2D eigenvalue weighted by molar-refractivity contribution is 7.09. The number of aliphatic carboxylic acids is 1. The number of aliphatic hydroxyl groups excluding tert-OH is 3. The molecule has 0 spiro atoms. The molecule has 5 atom stereocenters. The van der Waals surface area contributed by atoms with Crippen LogP contribution in [0.1, 0.15) is 56.2 Å². The molecule has 1 saturated carbocycles. The van der Waals surface area contributed by atoms with Gasteiger partial charge in [0.2, 0.25) is 0 Å². The number of allylic oxidation sites excluding steroid dienone is 2. The summed E-state index contributed by atoms with van der Waals surface area (Å²) in [5.74, 6) is -0.782. The van der Waals surface area contributed by atoms with Gasteiger partial charge in [-0.2, -0.15) is 0 Å². The van der Waals surface area contributed by atoms with E-state index in [0.717, 1.165) is 12.8 Å². The predicted molar refractivity (Wildman–Crippen MR) is 107 cm³/mol. The minimum absolute atomic E-state index is 0.0000531. The SMILES string of the molecule is O=C(O)CCCC=CC[C@H]1C(O)CC(O)[C@@H]1CCC(O)CCc1cccs1. The van der Waals surface area contributed by atoms with E-state index in [9.17, 15) is 20.1 Å². The molecule has 1 aliphatic rings. The molecule has 27 heavy (non-hydrogen) atoms. The minimum atomic E-state index is -0.782. The summed E-state index contributed by atoms with van der Waals surface area (Å²) in [6.07, 6.45) is 8.05. The third kappa shape index (κ3) is 7.74. The first-order valence-electron chi connectivity index (χ1n) is 9.90. The van der Waals surface area contributed by atoms with Gasteiger partial charge >= 0.3 is 5.97 Å². The lowest BCUT2D eigenvalue weighted by atomic mass is 9.85. The molecule has 1 aromatic heterocycles. The number of aryl methyl sites for hydroxylation is 1. The van der Waals surface area contributed by atoms with E-state index >= 15 is 0 Å². The molecule has 0 amide bonds. The lowest BCUT2D eigenvalue weighted by Crippen LogP contribution is -2.23. The van der Waals surface area contributed by atoms with Gasteiger partial charge in [-0.05, 0) is 74.6 Å². The van der Waals surface area contributed by atoms with Crippen molar-refractivity contribution in [3.8, 4) is 0 Å². The second-order valence-electron chi connectivity index (χ2n) is 7.54. The van der Waals surface area contributed by atoms with Crippen LogP contribution in [-0.2, 0) is 11.2 Å². The van der Waals surface area contributed by atoms with Crippen molar-refractivity contribution in [2.24, 2.45) is 11.8 Å². The molecule has 0 saturated heterocycles. The second-order valence-corrected chi connectivity index (χ2v) is 8.57. The van der Waals surface area contributed by atoms with Crippen molar-refractivity contribution in [1.29, 1.82) is 0 Å². The van der Waals surface area contributed by atoms with Crippen LogP contribution < -0.4 is 0 Å². The van der Waals surface area contributed by atoms with Gasteiger partial charge in [-0.15, -0.1) is 11.3 Å². The Labute approximate surface area is 165 Å². The van der Waals surface area contributed by atoms with Gasteiger partial charge in [0, 0.05) is 11.3 Å². The summed E-state index contributed by atoms with van der Waals surface area (Å²) in [7, 11) is 0. The maximum absolute atomic E-state index is 10.5. The van der Waals surface area contributed by atoms with Crippen LogP contribution in [0.15, 0.2) is 29.7 Å². The molecule has 0 radical (unpaired) electrons. The fraction of sp³-hybridized carbons (Fsp3) is 0.667. The number of aliphatic hydroxyl groups is 3. The zero-order chi connectivity index (χ0) is 19.6. The van der Waals surface area contributed by atoms with Crippen LogP contribution in [0, 0.1) is 11.8 Å². The Balaban J connectivity index is 1.73. The second kappa shape index (κ2) is 11.6. The maximum atomic E-state index is 10.5. The topological polar surface area (TPSA) is 98.0 Å². The quantitative estimate of drug-likeness (QED) is 0.321. The van der Waals surface area contributed by atoms with Gasteiger partial charge in [-0.3, -0.25) is 4.79 Å². The number of hydrogen-bond donors (Lipinski definition) is 4. The number of carbonyl (C=O) groups is 1. The van der Waals surface area contributed by atoms with E-state index in [1.165, 1.54) is 4.88 Å². The van der Waals surface area contributed by atoms with E-state index in [0.29, 0.717) is 38.5 Å². The van der Waals surface area contributed by atoms with E-state index in [1.807, 2.05) is 23.6 Å². The highest BCUT2D eigenvalue weighted by atomic mass is 32.1. The van der Waals surface area contributed by atoms with E-state index in [2.05, 4.69) is 6.07 Å². The lowest BCUT2D eigenvalue weighted by Gasteiger charge is -2.23. The van der Waals surface area contributed by atoms with Gasteiger partial charge in [-0.1, -0.05) is 18.2 Å². The molecule has 1 aliphatic carbocycles. The predicted octanol–water partition coefficient (Wildman–Crippen LogP) is 3.38. The van der Waals surface area contributed by atoms with Gasteiger partial charge in [0.05, 0.1) is 18.3 Å². The molecular formula is C21H32O5S. The third-order valence-corrected chi connectivity index (χ3v) is 6.43. The third-order valence-electron chi connectivity index (χ3n) is 5.50. The van der Waals surface area contributed by atoms with Gasteiger partial charge in [0.1, 0.15) is 0 Å². The Hall–Kier alpha value is -1.21. The van der Waals surface area contributed by atoms with Crippen LogP contribution in [0.4, 0.5) is 0 Å². The van der Waals surface area contributed by atoms with Crippen LogP contribution in [-0.4, -0.2) is 44.7 Å². The van der Waals surface area contributed by atoms with E-state index in [4.69, 9.17) is 5.11 Å². The van der Waals surface area contributed by atoms with Crippen molar-refractivity contribution in [3.63, 3.8) is 0 Å². The number of thiophene rings is 1. The van der Waals surface area contributed by atoms with E-state index < -0.39 is 18.2 Å². The first-order valence-corrected chi connectivity index (χ1v) is 10.8. The fourth-order valence-electron chi connectivity index (χ4n) is 3.94. The molecule has 152 valence electrons. The number of hydrogen-bond acceptors (Lipinski definition) is 5. The summed E-state index contributed by atoms with van der Waals surface area (Å²) in [6.45, 7) is 0. The van der Waals surface area contributed by atoms with Gasteiger partial charge in [-0.25, -0.2) is 0 Å². The molecule has 4 N–H and O–H groups in total. The summed E-state index contributed by atoms with van der Waals surface area (Å²) in [5.41, 5.74) is 0. The average molecular weight is 397 g/mol. The Morgan fingerprint density at radius 2 is 2.00 bits per heavy atom. The van der Waals surface area contributed by atoms with Crippen LogP contribution in [0.5, 0.6) is 0 Å². The van der Waals surface area contributed by atoms with Crippen molar-refractivity contribution in [1.82, 2.24) is 0 Å². The van der Waals surface area contributed by atoms with Crippen LogP contribution in [0.2, 0.25) is 0 Å². The maximum Gasteiger partial charge on any atom is 0.303 e. The van der Waals surface area contributed by atoms with Gasteiger partial charge < -0.3 is 20.4 Å². The van der Waals surface area contributed by atoms with E-state index in [1.54, 1.807) is 11.3 Å². The van der Waals surface area contributed by atoms with Crippen molar-refractivity contribution < 1.29 is 25.2 Å². The molecule has 1 heterocycles. The highest BCUT2D eigenvalue weighted by Crippen LogP contribution is 2.38. The molecule has 0 bridgehead atoms. The number of rotatable bonds is 12. The van der Waals surface area contributed by atoms with Crippen LogP contribution in [0.25, 0.3) is 0 Å². The lowest BCUT2D eigenvalue weighted by molar-refractivity contribution is -0.137. The smallest absolute Gasteiger partial charge is 0.303 e. The Kier molecular flexibility index (Phi) is 9.48. The normalized spacial score (nSPS) is 26.6. The zero-order valence-electron chi connectivity index (χ0n) is 15.7. The molecule has 3 unspecified atom stereocenters. The fourth-order valence-corrected chi connectivity index (χ4v) is 4.67. The number of carboxylic acid groups (broad SMARTS) is 1. The summed E-state index contributed by atoms with van der Waals surface area (Å²) < 4.78 is 0.